The first kappa shape index (κ1) is 15.7. The fraction of sp³-hybridized carbons (Fsp3) is 0.333. The lowest BCUT2D eigenvalue weighted by molar-refractivity contribution is 0.0848. The molecule has 1 unspecified atom stereocenters. The molecular formula is C18H22O3. The molecule has 0 radical (unpaired) electrons. The first-order valence-electron chi connectivity index (χ1n) is 7.21. The maximum absolute atomic E-state index is 10.0. The molecule has 0 fully saturated rings. The van der Waals surface area contributed by atoms with Gasteiger partial charge in [-0.3, -0.25) is 0 Å². The number of hydrogen-bond donors (Lipinski definition) is 3. The zero-order chi connectivity index (χ0) is 15.1. The molecule has 0 spiro atoms. The first-order valence-corrected chi connectivity index (χ1v) is 7.21. The third kappa shape index (κ3) is 3.16. The van der Waals surface area contributed by atoms with Crippen LogP contribution in [-0.4, -0.2) is 35.1 Å². The van der Waals surface area contributed by atoms with Crippen molar-refractivity contribution in [1.82, 2.24) is 0 Å². The SMILES string of the molecule is OCCC(c1ccccc1)C(CO)(CO)c1ccccc1. The van der Waals surface area contributed by atoms with Crippen LogP contribution in [0.1, 0.15) is 23.5 Å². The summed E-state index contributed by atoms with van der Waals surface area (Å²) < 4.78 is 0. The van der Waals surface area contributed by atoms with Crippen molar-refractivity contribution in [2.75, 3.05) is 19.8 Å². The number of benzene rings is 2. The Morgan fingerprint density at radius 2 is 1.29 bits per heavy atom. The molecule has 0 amide bonds. The quantitative estimate of drug-likeness (QED) is 0.730. The van der Waals surface area contributed by atoms with E-state index in [1.807, 2.05) is 60.7 Å². The molecule has 0 saturated heterocycles. The van der Waals surface area contributed by atoms with Gasteiger partial charge in [0.25, 0.3) is 0 Å². The minimum Gasteiger partial charge on any atom is -0.396 e. The van der Waals surface area contributed by atoms with E-state index in [1.165, 1.54) is 0 Å². The van der Waals surface area contributed by atoms with Crippen molar-refractivity contribution in [2.24, 2.45) is 0 Å². The highest BCUT2D eigenvalue weighted by Crippen LogP contribution is 2.40. The van der Waals surface area contributed by atoms with E-state index in [9.17, 15) is 15.3 Å². The summed E-state index contributed by atoms with van der Waals surface area (Å²) in [6.07, 6.45) is 0.486. The summed E-state index contributed by atoms with van der Waals surface area (Å²) in [6.45, 7) is -0.339. The van der Waals surface area contributed by atoms with Gasteiger partial charge in [0.05, 0.1) is 13.2 Å². The minimum atomic E-state index is -0.800. The molecule has 3 N–H and O–H groups in total. The Kier molecular flexibility index (Phi) is 5.51. The molecule has 0 saturated carbocycles. The summed E-state index contributed by atoms with van der Waals surface area (Å²) in [5.74, 6) is -0.152. The van der Waals surface area contributed by atoms with Crippen LogP contribution in [0.15, 0.2) is 60.7 Å². The standard InChI is InChI=1S/C18H22O3/c19-12-11-17(15-7-3-1-4-8-15)18(13-20,14-21)16-9-5-2-6-10-16/h1-10,17,19-21H,11-14H2. The molecule has 2 aromatic rings. The van der Waals surface area contributed by atoms with E-state index in [1.54, 1.807) is 0 Å². The van der Waals surface area contributed by atoms with Gasteiger partial charge in [0.15, 0.2) is 0 Å². The Morgan fingerprint density at radius 1 is 0.762 bits per heavy atom. The van der Waals surface area contributed by atoms with Crippen LogP contribution < -0.4 is 0 Å². The second-order valence-electron chi connectivity index (χ2n) is 5.31. The minimum absolute atomic E-state index is 0.00808. The summed E-state index contributed by atoms with van der Waals surface area (Å²) in [7, 11) is 0. The van der Waals surface area contributed by atoms with Gasteiger partial charge in [-0.25, -0.2) is 0 Å². The van der Waals surface area contributed by atoms with Crippen molar-refractivity contribution >= 4 is 0 Å². The molecule has 0 aliphatic rings. The third-order valence-corrected chi connectivity index (χ3v) is 4.20. The lowest BCUT2D eigenvalue weighted by Gasteiger charge is -2.39. The Morgan fingerprint density at radius 3 is 1.76 bits per heavy atom. The summed E-state index contributed by atoms with van der Waals surface area (Å²) in [6, 6.07) is 19.3. The van der Waals surface area contributed by atoms with Gasteiger partial charge in [-0.05, 0) is 17.5 Å². The Bertz CT molecular complexity index is 521. The molecule has 3 heteroatoms. The molecule has 21 heavy (non-hydrogen) atoms. The summed E-state index contributed by atoms with van der Waals surface area (Å²) in [5.41, 5.74) is 1.10. The third-order valence-electron chi connectivity index (χ3n) is 4.20. The van der Waals surface area contributed by atoms with Crippen molar-refractivity contribution in [3.8, 4) is 0 Å². The van der Waals surface area contributed by atoms with Gasteiger partial charge < -0.3 is 15.3 Å². The van der Waals surface area contributed by atoms with Crippen molar-refractivity contribution in [3.63, 3.8) is 0 Å². The van der Waals surface area contributed by atoms with E-state index >= 15 is 0 Å². The normalized spacial score (nSPS) is 13.1. The summed E-state index contributed by atoms with van der Waals surface area (Å²) >= 11 is 0. The lowest BCUT2D eigenvalue weighted by atomic mass is 9.67. The second kappa shape index (κ2) is 7.36. The molecule has 2 aromatic carbocycles. The van der Waals surface area contributed by atoms with Gasteiger partial charge in [0.1, 0.15) is 0 Å². The van der Waals surface area contributed by atoms with Gasteiger partial charge in [0.2, 0.25) is 0 Å². The maximum atomic E-state index is 10.0. The van der Waals surface area contributed by atoms with E-state index in [-0.39, 0.29) is 25.7 Å². The van der Waals surface area contributed by atoms with Crippen molar-refractivity contribution in [2.45, 2.75) is 17.8 Å². The van der Waals surface area contributed by atoms with E-state index in [0.717, 1.165) is 11.1 Å². The largest absolute Gasteiger partial charge is 0.396 e. The van der Waals surface area contributed by atoms with Gasteiger partial charge in [-0.1, -0.05) is 60.7 Å². The fourth-order valence-corrected chi connectivity index (χ4v) is 3.00. The number of hydrogen-bond acceptors (Lipinski definition) is 3. The van der Waals surface area contributed by atoms with Gasteiger partial charge >= 0.3 is 0 Å². The molecule has 3 nitrogen and oxygen atoms in total. The zero-order valence-electron chi connectivity index (χ0n) is 12.0. The molecule has 2 rings (SSSR count). The van der Waals surface area contributed by atoms with Crippen LogP contribution >= 0.6 is 0 Å². The van der Waals surface area contributed by atoms with Crippen LogP contribution in [0.25, 0.3) is 0 Å². The van der Waals surface area contributed by atoms with Crippen LogP contribution in [0.5, 0.6) is 0 Å². The predicted octanol–water partition coefficient (Wildman–Crippen LogP) is 2.08. The van der Waals surface area contributed by atoms with Crippen LogP contribution in [-0.2, 0) is 5.41 Å². The van der Waals surface area contributed by atoms with Gasteiger partial charge in [0, 0.05) is 17.9 Å². The monoisotopic (exact) mass is 286 g/mol. The smallest absolute Gasteiger partial charge is 0.0556 e. The van der Waals surface area contributed by atoms with Crippen molar-refractivity contribution in [1.29, 1.82) is 0 Å². The summed E-state index contributed by atoms with van der Waals surface area (Å²) in [4.78, 5) is 0. The molecule has 0 bridgehead atoms. The van der Waals surface area contributed by atoms with E-state index < -0.39 is 5.41 Å². The van der Waals surface area contributed by atoms with Crippen LogP contribution in [0.2, 0.25) is 0 Å². The average Bonchev–Trinajstić information content (AvgIpc) is 2.57. The lowest BCUT2D eigenvalue weighted by Crippen LogP contribution is -2.41. The van der Waals surface area contributed by atoms with Crippen LogP contribution in [0, 0.1) is 0 Å². The Hall–Kier alpha value is -1.68. The average molecular weight is 286 g/mol. The van der Waals surface area contributed by atoms with Crippen LogP contribution in [0.4, 0.5) is 0 Å². The number of aliphatic hydroxyl groups excluding tert-OH is 3. The highest BCUT2D eigenvalue weighted by atomic mass is 16.3. The van der Waals surface area contributed by atoms with E-state index in [0.29, 0.717) is 6.42 Å². The zero-order valence-corrected chi connectivity index (χ0v) is 12.0. The van der Waals surface area contributed by atoms with E-state index in [4.69, 9.17) is 0 Å². The van der Waals surface area contributed by atoms with Crippen molar-refractivity contribution in [3.05, 3.63) is 71.8 Å². The molecule has 1 atom stereocenters. The Labute approximate surface area is 125 Å². The van der Waals surface area contributed by atoms with Crippen LogP contribution in [0.3, 0.4) is 0 Å². The fourth-order valence-electron chi connectivity index (χ4n) is 3.00. The summed E-state index contributed by atoms with van der Waals surface area (Å²) in [5, 5.41) is 29.5. The van der Waals surface area contributed by atoms with E-state index in [2.05, 4.69) is 0 Å². The van der Waals surface area contributed by atoms with Gasteiger partial charge in [-0.2, -0.15) is 0 Å². The second-order valence-corrected chi connectivity index (χ2v) is 5.31. The number of aliphatic hydroxyl groups is 3. The highest BCUT2D eigenvalue weighted by Gasteiger charge is 2.40. The van der Waals surface area contributed by atoms with Gasteiger partial charge in [-0.15, -0.1) is 0 Å². The number of rotatable bonds is 7. The molecule has 0 aromatic heterocycles. The maximum Gasteiger partial charge on any atom is 0.0556 e. The predicted molar refractivity (Wildman–Crippen MR) is 83.2 cm³/mol. The molecule has 0 aliphatic heterocycles. The molecule has 0 aliphatic carbocycles. The van der Waals surface area contributed by atoms with Crippen molar-refractivity contribution < 1.29 is 15.3 Å². The Balaban J connectivity index is 2.52. The first-order chi connectivity index (χ1) is 10.3. The highest BCUT2D eigenvalue weighted by molar-refractivity contribution is 5.34. The topological polar surface area (TPSA) is 60.7 Å². The molecule has 112 valence electrons. The molecular weight excluding hydrogens is 264 g/mol. The molecule has 0 heterocycles.